The van der Waals surface area contributed by atoms with Crippen LogP contribution in [0.25, 0.3) is 0 Å². The fourth-order valence-corrected chi connectivity index (χ4v) is 5.39. The van der Waals surface area contributed by atoms with Crippen molar-refractivity contribution in [2.75, 3.05) is 0 Å². The van der Waals surface area contributed by atoms with Crippen LogP contribution in [0.1, 0.15) is 18.9 Å². The van der Waals surface area contributed by atoms with Crippen LogP contribution >= 0.6 is 15.9 Å². The lowest BCUT2D eigenvalue weighted by molar-refractivity contribution is -0.128. The molecule has 1 aromatic rings. The maximum absolute atomic E-state index is 13.1. The van der Waals surface area contributed by atoms with E-state index >= 15 is 0 Å². The number of Topliss-reactive ketones (excluding diaryl/α,β-unsaturated/α-hetero) is 1. The third kappa shape index (κ3) is 2.64. The third-order valence-electron chi connectivity index (χ3n) is 5.66. The van der Waals surface area contributed by atoms with E-state index in [9.17, 15) is 14.7 Å². The highest BCUT2D eigenvalue weighted by Crippen LogP contribution is 2.53. The lowest BCUT2D eigenvalue weighted by Gasteiger charge is -2.46. The number of phenols is 1. The van der Waals surface area contributed by atoms with Crippen molar-refractivity contribution in [3.8, 4) is 11.5 Å². The molecule has 5 heteroatoms. The molecule has 1 heterocycles. The first kappa shape index (κ1) is 18.0. The van der Waals surface area contributed by atoms with Crippen LogP contribution < -0.4 is 4.74 Å². The van der Waals surface area contributed by atoms with Gasteiger partial charge in [-0.25, -0.2) is 0 Å². The van der Waals surface area contributed by atoms with Crippen LogP contribution in [0.5, 0.6) is 11.5 Å². The Morgan fingerprint density at radius 3 is 2.89 bits per heavy atom. The standard InChI is InChI=1S/C22H19BrO4/c1-3-13-4-6-17-21(26)12(2)8-19(25)22(17,23)20(13)15-9-14-10-16(24)5-7-18(14)27-11-15/h3-5,7-8,10-11,17,20,24H,1,6,9H2,2H3. The van der Waals surface area contributed by atoms with E-state index in [1.54, 1.807) is 37.5 Å². The molecule has 3 unspecified atom stereocenters. The molecule has 0 bridgehead atoms. The molecule has 0 fully saturated rings. The maximum atomic E-state index is 13.1. The van der Waals surface area contributed by atoms with Crippen LogP contribution in [0.3, 0.4) is 0 Å². The molecule has 1 aliphatic heterocycles. The number of carbonyl (C=O) groups excluding carboxylic acids is 2. The minimum atomic E-state index is -1.05. The Bertz CT molecular complexity index is 969. The van der Waals surface area contributed by atoms with E-state index in [1.807, 2.05) is 6.08 Å². The first-order chi connectivity index (χ1) is 12.9. The van der Waals surface area contributed by atoms with Gasteiger partial charge in [-0.1, -0.05) is 34.7 Å². The Kier molecular flexibility index (Phi) is 4.22. The molecule has 0 spiro atoms. The summed E-state index contributed by atoms with van der Waals surface area (Å²) in [5.41, 5.74) is 3.11. The van der Waals surface area contributed by atoms with Crippen molar-refractivity contribution in [2.45, 2.75) is 24.1 Å². The molecule has 0 saturated heterocycles. The zero-order valence-corrected chi connectivity index (χ0v) is 16.5. The van der Waals surface area contributed by atoms with Crippen LogP contribution in [0.15, 0.2) is 66.0 Å². The summed E-state index contributed by atoms with van der Waals surface area (Å²) in [5.74, 6) is -0.106. The molecule has 2 aliphatic carbocycles. The molecule has 3 aliphatic rings. The highest BCUT2D eigenvalue weighted by atomic mass is 79.9. The molecule has 1 N–H and O–H groups in total. The van der Waals surface area contributed by atoms with Crippen molar-refractivity contribution in [3.05, 3.63) is 71.6 Å². The number of hydrogen-bond donors (Lipinski definition) is 1. The number of alkyl halides is 1. The van der Waals surface area contributed by atoms with Gasteiger partial charge in [0.2, 0.25) is 0 Å². The molecule has 4 rings (SSSR count). The summed E-state index contributed by atoms with van der Waals surface area (Å²) < 4.78 is 4.73. The summed E-state index contributed by atoms with van der Waals surface area (Å²) in [6, 6.07) is 4.96. The Morgan fingerprint density at radius 2 is 2.15 bits per heavy atom. The predicted molar refractivity (Wildman–Crippen MR) is 106 cm³/mol. The number of benzene rings is 1. The van der Waals surface area contributed by atoms with Gasteiger partial charge < -0.3 is 9.84 Å². The number of allylic oxidation sites excluding steroid dienone is 6. The van der Waals surface area contributed by atoms with Gasteiger partial charge in [-0.05, 0) is 54.3 Å². The summed E-state index contributed by atoms with van der Waals surface area (Å²) >= 11 is 3.69. The van der Waals surface area contributed by atoms with Gasteiger partial charge in [0.05, 0.1) is 6.26 Å². The predicted octanol–water partition coefficient (Wildman–Crippen LogP) is 4.19. The van der Waals surface area contributed by atoms with Gasteiger partial charge in [-0.2, -0.15) is 0 Å². The summed E-state index contributed by atoms with van der Waals surface area (Å²) in [7, 11) is 0. The van der Waals surface area contributed by atoms with E-state index in [0.717, 1.165) is 16.7 Å². The van der Waals surface area contributed by atoms with Gasteiger partial charge in [-0.15, -0.1) is 0 Å². The number of ketones is 2. The van der Waals surface area contributed by atoms with Gasteiger partial charge in [0, 0.05) is 23.8 Å². The molecule has 27 heavy (non-hydrogen) atoms. The number of halogens is 1. The normalized spacial score (nSPS) is 29.6. The van der Waals surface area contributed by atoms with Crippen LogP contribution in [0, 0.1) is 11.8 Å². The molecule has 0 amide bonds. The van der Waals surface area contributed by atoms with Crippen molar-refractivity contribution in [1.82, 2.24) is 0 Å². The Balaban J connectivity index is 1.82. The van der Waals surface area contributed by atoms with E-state index in [2.05, 4.69) is 22.5 Å². The Hall–Kier alpha value is -2.40. The summed E-state index contributed by atoms with van der Waals surface area (Å²) in [6.07, 6.45) is 7.84. The number of carbonyl (C=O) groups is 2. The van der Waals surface area contributed by atoms with Gasteiger partial charge in [-0.3, -0.25) is 9.59 Å². The molecule has 0 aromatic heterocycles. The van der Waals surface area contributed by atoms with Gasteiger partial charge >= 0.3 is 0 Å². The molecule has 3 atom stereocenters. The lowest BCUT2D eigenvalue weighted by Crippen LogP contribution is -2.54. The molecule has 4 nitrogen and oxygen atoms in total. The number of hydrogen-bond acceptors (Lipinski definition) is 4. The minimum absolute atomic E-state index is 0.00814. The molecular weight excluding hydrogens is 408 g/mol. The van der Waals surface area contributed by atoms with Crippen LogP contribution in [0.2, 0.25) is 0 Å². The van der Waals surface area contributed by atoms with Gasteiger partial charge in [0.1, 0.15) is 15.8 Å². The highest BCUT2D eigenvalue weighted by Gasteiger charge is 2.57. The monoisotopic (exact) mass is 426 g/mol. The number of aromatic hydroxyl groups is 1. The maximum Gasteiger partial charge on any atom is 0.174 e. The molecule has 0 radical (unpaired) electrons. The third-order valence-corrected chi connectivity index (χ3v) is 7.06. The second kappa shape index (κ2) is 6.34. The van der Waals surface area contributed by atoms with Gasteiger partial charge in [0.25, 0.3) is 0 Å². The lowest BCUT2D eigenvalue weighted by atomic mass is 9.62. The van der Waals surface area contributed by atoms with Crippen molar-refractivity contribution in [2.24, 2.45) is 11.8 Å². The van der Waals surface area contributed by atoms with E-state index in [1.165, 1.54) is 6.08 Å². The van der Waals surface area contributed by atoms with Crippen LogP contribution in [-0.4, -0.2) is 21.0 Å². The number of rotatable bonds is 2. The number of ether oxygens (including phenoxy) is 1. The largest absolute Gasteiger partial charge is 0.508 e. The van der Waals surface area contributed by atoms with E-state index < -0.39 is 10.2 Å². The first-order valence-electron chi connectivity index (χ1n) is 8.82. The molecule has 138 valence electrons. The second-order valence-corrected chi connectivity index (χ2v) is 8.55. The fraction of sp³-hybridized carbons (Fsp3) is 0.273. The molecule has 0 saturated carbocycles. The quantitative estimate of drug-likeness (QED) is 0.719. The SMILES string of the molecule is C=CC1=CCC2C(=O)C(C)=CC(=O)C2(Br)C1C1=COc2ccc(O)cc2C1. The Labute approximate surface area is 166 Å². The first-order valence-corrected chi connectivity index (χ1v) is 9.61. The zero-order valence-electron chi connectivity index (χ0n) is 14.9. The summed E-state index contributed by atoms with van der Waals surface area (Å²) in [6.45, 7) is 5.60. The molecule has 1 aromatic carbocycles. The minimum Gasteiger partial charge on any atom is -0.508 e. The summed E-state index contributed by atoms with van der Waals surface area (Å²) in [4.78, 5) is 25.9. The van der Waals surface area contributed by atoms with Crippen molar-refractivity contribution in [1.29, 1.82) is 0 Å². The number of phenolic OH excluding ortho intramolecular Hbond substituents is 1. The average molecular weight is 427 g/mol. The zero-order chi connectivity index (χ0) is 19.3. The smallest absolute Gasteiger partial charge is 0.174 e. The van der Waals surface area contributed by atoms with E-state index in [4.69, 9.17) is 4.74 Å². The highest BCUT2D eigenvalue weighted by molar-refractivity contribution is 9.10. The Morgan fingerprint density at radius 1 is 1.37 bits per heavy atom. The van der Waals surface area contributed by atoms with Crippen molar-refractivity contribution < 1.29 is 19.4 Å². The fourth-order valence-electron chi connectivity index (χ4n) is 4.33. The van der Waals surface area contributed by atoms with Crippen molar-refractivity contribution in [3.63, 3.8) is 0 Å². The van der Waals surface area contributed by atoms with E-state index in [0.29, 0.717) is 24.2 Å². The van der Waals surface area contributed by atoms with Crippen molar-refractivity contribution >= 4 is 27.5 Å². The van der Waals surface area contributed by atoms with Crippen LogP contribution in [0.4, 0.5) is 0 Å². The van der Waals surface area contributed by atoms with Crippen LogP contribution in [-0.2, 0) is 16.0 Å². The van der Waals surface area contributed by atoms with E-state index in [-0.39, 0.29) is 23.2 Å². The summed E-state index contributed by atoms with van der Waals surface area (Å²) in [5, 5.41) is 9.81. The molecular formula is C22H19BrO4. The average Bonchev–Trinajstić information content (AvgIpc) is 2.65. The van der Waals surface area contributed by atoms with Gasteiger partial charge in [0.15, 0.2) is 11.6 Å². The second-order valence-electron chi connectivity index (χ2n) is 7.23. The topological polar surface area (TPSA) is 63.6 Å². The number of fused-ring (bicyclic) bond motifs is 2.